The summed E-state index contributed by atoms with van der Waals surface area (Å²) in [4.78, 5) is 17.8. The molecular weight excluding hydrogens is 240 g/mol. The number of anilines is 1. The highest BCUT2D eigenvalue weighted by Gasteiger charge is 2.33. The van der Waals surface area contributed by atoms with Crippen LogP contribution in [-0.4, -0.2) is 29.7 Å². The van der Waals surface area contributed by atoms with E-state index >= 15 is 0 Å². The average molecular weight is 262 g/mol. The minimum atomic E-state index is -0.880. The van der Waals surface area contributed by atoms with Gasteiger partial charge in [0.05, 0.1) is 5.56 Å². The van der Waals surface area contributed by atoms with Gasteiger partial charge in [0.1, 0.15) is 5.82 Å². The van der Waals surface area contributed by atoms with Crippen LogP contribution in [0.1, 0.15) is 42.7 Å². The third kappa shape index (κ3) is 3.46. The molecule has 1 aliphatic carbocycles. The van der Waals surface area contributed by atoms with Crippen LogP contribution in [0, 0.1) is 11.8 Å². The Labute approximate surface area is 114 Å². The quantitative estimate of drug-likeness (QED) is 0.856. The molecule has 0 amide bonds. The molecule has 0 aromatic carbocycles. The van der Waals surface area contributed by atoms with Crippen LogP contribution in [0.25, 0.3) is 0 Å². The van der Waals surface area contributed by atoms with Gasteiger partial charge in [-0.2, -0.15) is 0 Å². The average Bonchev–Trinajstić information content (AvgIpc) is 3.04. The van der Waals surface area contributed by atoms with Gasteiger partial charge in [0.2, 0.25) is 0 Å². The second-order valence-corrected chi connectivity index (χ2v) is 5.61. The van der Waals surface area contributed by atoms with Gasteiger partial charge in [-0.3, -0.25) is 0 Å². The van der Waals surface area contributed by atoms with Crippen LogP contribution >= 0.6 is 0 Å². The van der Waals surface area contributed by atoms with Crippen LogP contribution in [-0.2, 0) is 6.42 Å². The van der Waals surface area contributed by atoms with Crippen molar-refractivity contribution in [3.8, 4) is 0 Å². The normalized spacial score (nSPS) is 21.2. The topological polar surface area (TPSA) is 53.4 Å². The van der Waals surface area contributed by atoms with E-state index in [2.05, 4.69) is 23.7 Å². The van der Waals surface area contributed by atoms with Crippen molar-refractivity contribution in [2.24, 2.45) is 11.8 Å². The molecule has 1 heterocycles. The summed E-state index contributed by atoms with van der Waals surface area (Å²) in [6.07, 6.45) is 3.06. The summed E-state index contributed by atoms with van der Waals surface area (Å²) < 4.78 is 0. The molecule has 4 nitrogen and oxygen atoms in total. The minimum Gasteiger partial charge on any atom is -0.478 e. The fraction of sp³-hybridized carbons (Fsp3) is 0.600. The Morgan fingerprint density at radius 3 is 2.74 bits per heavy atom. The molecule has 2 unspecified atom stereocenters. The predicted molar refractivity (Wildman–Crippen MR) is 75.7 cm³/mol. The van der Waals surface area contributed by atoms with Crippen molar-refractivity contribution >= 4 is 11.8 Å². The van der Waals surface area contributed by atoms with Crippen LogP contribution in [0.15, 0.2) is 12.1 Å². The summed E-state index contributed by atoms with van der Waals surface area (Å²) in [6, 6.07) is 3.36. The molecular formula is C15H22N2O2. The van der Waals surface area contributed by atoms with Crippen LogP contribution in [0.2, 0.25) is 0 Å². The SMILES string of the molecule is CCCc1cc(C(=O)O)cc(N(C)CC2CC2C)n1. The number of carbonyl (C=O) groups is 1. The lowest BCUT2D eigenvalue weighted by molar-refractivity contribution is 0.0696. The maximum Gasteiger partial charge on any atom is 0.335 e. The lowest BCUT2D eigenvalue weighted by Gasteiger charge is -2.19. The number of aromatic carboxylic acids is 1. The molecule has 1 saturated carbocycles. The summed E-state index contributed by atoms with van der Waals surface area (Å²) in [5, 5.41) is 9.17. The van der Waals surface area contributed by atoms with Gasteiger partial charge in [-0.15, -0.1) is 0 Å². The van der Waals surface area contributed by atoms with Crippen molar-refractivity contribution in [1.29, 1.82) is 0 Å². The molecule has 0 saturated heterocycles. The lowest BCUT2D eigenvalue weighted by Crippen LogP contribution is -2.22. The van der Waals surface area contributed by atoms with Gasteiger partial charge in [-0.05, 0) is 36.8 Å². The van der Waals surface area contributed by atoms with Crippen molar-refractivity contribution in [3.05, 3.63) is 23.4 Å². The Balaban J connectivity index is 2.19. The zero-order valence-corrected chi connectivity index (χ0v) is 11.9. The first-order valence-electron chi connectivity index (χ1n) is 6.96. The summed E-state index contributed by atoms with van der Waals surface area (Å²) in [5.74, 6) is 1.42. The Morgan fingerprint density at radius 1 is 1.53 bits per heavy atom. The highest BCUT2D eigenvalue weighted by Crippen LogP contribution is 2.38. The van der Waals surface area contributed by atoms with Crippen LogP contribution in [0.4, 0.5) is 5.82 Å². The molecule has 2 atom stereocenters. The Hall–Kier alpha value is -1.58. The second-order valence-electron chi connectivity index (χ2n) is 5.61. The number of carboxylic acid groups (broad SMARTS) is 1. The molecule has 4 heteroatoms. The van der Waals surface area contributed by atoms with Crippen molar-refractivity contribution < 1.29 is 9.90 Å². The number of rotatable bonds is 6. The molecule has 0 aliphatic heterocycles. The zero-order valence-electron chi connectivity index (χ0n) is 11.9. The van der Waals surface area contributed by atoms with Gasteiger partial charge in [-0.1, -0.05) is 20.3 Å². The highest BCUT2D eigenvalue weighted by molar-refractivity contribution is 5.88. The molecule has 0 radical (unpaired) electrons. The maximum absolute atomic E-state index is 11.2. The van der Waals surface area contributed by atoms with E-state index in [1.54, 1.807) is 12.1 Å². The van der Waals surface area contributed by atoms with Crippen molar-refractivity contribution in [2.75, 3.05) is 18.5 Å². The number of hydrogen-bond acceptors (Lipinski definition) is 3. The van der Waals surface area contributed by atoms with Gasteiger partial charge in [-0.25, -0.2) is 9.78 Å². The second kappa shape index (κ2) is 5.59. The van der Waals surface area contributed by atoms with E-state index in [0.29, 0.717) is 5.56 Å². The molecule has 1 aromatic heterocycles. The summed E-state index contributed by atoms with van der Waals surface area (Å²) >= 11 is 0. The summed E-state index contributed by atoms with van der Waals surface area (Å²) in [7, 11) is 1.99. The third-order valence-corrected chi connectivity index (χ3v) is 3.79. The van der Waals surface area contributed by atoms with Gasteiger partial charge in [0.25, 0.3) is 0 Å². The predicted octanol–water partition coefficient (Wildman–Crippen LogP) is 2.82. The van der Waals surface area contributed by atoms with Crippen molar-refractivity contribution in [2.45, 2.75) is 33.1 Å². The summed E-state index contributed by atoms with van der Waals surface area (Å²) in [6.45, 7) is 5.29. The van der Waals surface area contributed by atoms with Crippen molar-refractivity contribution in [3.63, 3.8) is 0 Å². The molecule has 1 fully saturated rings. The van der Waals surface area contributed by atoms with Gasteiger partial charge < -0.3 is 10.0 Å². The number of aryl methyl sites for hydroxylation is 1. The minimum absolute atomic E-state index is 0.337. The number of nitrogens with zero attached hydrogens (tertiary/aromatic N) is 2. The Morgan fingerprint density at radius 2 is 2.21 bits per heavy atom. The first-order valence-corrected chi connectivity index (χ1v) is 6.96. The van der Waals surface area contributed by atoms with Crippen LogP contribution in [0.5, 0.6) is 0 Å². The van der Waals surface area contributed by atoms with Crippen LogP contribution in [0.3, 0.4) is 0 Å². The molecule has 1 aliphatic rings. The van der Waals surface area contributed by atoms with E-state index in [0.717, 1.165) is 42.7 Å². The monoisotopic (exact) mass is 262 g/mol. The Kier molecular flexibility index (Phi) is 4.08. The molecule has 19 heavy (non-hydrogen) atoms. The third-order valence-electron chi connectivity index (χ3n) is 3.79. The zero-order chi connectivity index (χ0) is 14.0. The fourth-order valence-electron chi connectivity index (χ4n) is 2.37. The first-order chi connectivity index (χ1) is 9.01. The molecule has 1 N–H and O–H groups in total. The van der Waals surface area contributed by atoms with Gasteiger partial charge >= 0.3 is 5.97 Å². The van der Waals surface area contributed by atoms with E-state index < -0.39 is 5.97 Å². The number of aromatic nitrogens is 1. The first kappa shape index (κ1) is 13.8. The fourth-order valence-corrected chi connectivity index (χ4v) is 2.37. The van der Waals surface area contributed by atoms with E-state index in [-0.39, 0.29) is 0 Å². The van der Waals surface area contributed by atoms with E-state index in [4.69, 9.17) is 0 Å². The number of carboxylic acids is 1. The lowest BCUT2D eigenvalue weighted by atomic mass is 10.1. The maximum atomic E-state index is 11.2. The van der Waals surface area contributed by atoms with Gasteiger partial charge in [0.15, 0.2) is 0 Å². The van der Waals surface area contributed by atoms with Crippen LogP contribution < -0.4 is 4.90 Å². The Bertz CT molecular complexity index is 473. The van der Waals surface area contributed by atoms with Gasteiger partial charge in [0, 0.05) is 19.3 Å². The smallest absolute Gasteiger partial charge is 0.335 e. The molecule has 0 spiro atoms. The molecule has 1 aromatic rings. The highest BCUT2D eigenvalue weighted by atomic mass is 16.4. The molecule has 104 valence electrons. The molecule has 0 bridgehead atoms. The number of hydrogen-bond donors (Lipinski definition) is 1. The van der Waals surface area contributed by atoms with E-state index in [1.165, 1.54) is 6.42 Å². The van der Waals surface area contributed by atoms with E-state index in [9.17, 15) is 9.90 Å². The van der Waals surface area contributed by atoms with Crippen molar-refractivity contribution in [1.82, 2.24) is 4.98 Å². The molecule has 2 rings (SSSR count). The standard InChI is InChI=1S/C15H22N2O2/c1-4-5-13-7-11(15(18)19)8-14(16-13)17(3)9-12-6-10(12)2/h7-8,10,12H,4-6,9H2,1-3H3,(H,18,19). The summed E-state index contributed by atoms with van der Waals surface area (Å²) in [5.41, 5.74) is 1.21. The van der Waals surface area contributed by atoms with E-state index in [1.807, 2.05) is 7.05 Å². The largest absolute Gasteiger partial charge is 0.478 e. The number of pyridine rings is 1.